The van der Waals surface area contributed by atoms with Gasteiger partial charge in [0.15, 0.2) is 0 Å². The molecule has 0 radical (unpaired) electrons. The molecule has 2 aliphatic rings. The molecule has 1 heterocycles. The van der Waals surface area contributed by atoms with E-state index in [1.807, 2.05) is 4.90 Å². The molecule has 1 aliphatic carbocycles. The number of nitrogens with zero attached hydrogens (tertiary/aromatic N) is 1. The van der Waals surface area contributed by atoms with Crippen molar-refractivity contribution in [2.24, 2.45) is 11.8 Å². The van der Waals surface area contributed by atoms with Crippen LogP contribution in [0.1, 0.15) is 39.0 Å². The Balaban J connectivity index is 1.96. The van der Waals surface area contributed by atoms with Gasteiger partial charge >= 0.3 is 5.97 Å². The van der Waals surface area contributed by atoms with Crippen molar-refractivity contribution in [3.8, 4) is 0 Å². The van der Waals surface area contributed by atoms with Crippen LogP contribution in [0.3, 0.4) is 0 Å². The summed E-state index contributed by atoms with van der Waals surface area (Å²) in [5, 5.41) is 8.82. The van der Waals surface area contributed by atoms with Crippen molar-refractivity contribution < 1.29 is 14.7 Å². The first kappa shape index (κ1) is 11.4. The van der Waals surface area contributed by atoms with Crippen LogP contribution < -0.4 is 0 Å². The number of amides is 1. The van der Waals surface area contributed by atoms with Crippen molar-refractivity contribution in [3.05, 3.63) is 0 Å². The average Bonchev–Trinajstić information content (AvgIpc) is 3.08. The van der Waals surface area contributed by atoms with Crippen LogP contribution in [0.4, 0.5) is 0 Å². The molecule has 1 saturated carbocycles. The molecule has 4 nitrogen and oxygen atoms in total. The monoisotopic (exact) mass is 225 g/mol. The summed E-state index contributed by atoms with van der Waals surface area (Å²) in [6, 6.07) is 0.344. The highest BCUT2D eigenvalue weighted by molar-refractivity contribution is 5.89. The minimum atomic E-state index is -0.816. The summed E-state index contributed by atoms with van der Waals surface area (Å²) in [4.78, 5) is 24.8. The van der Waals surface area contributed by atoms with Crippen molar-refractivity contribution >= 4 is 11.9 Å². The van der Waals surface area contributed by atoms with E-state index in [0.29, 0.717) is 12.5 Å². The standard InChI is InChI=1S/C12H19NO3/c1-2-8-5-3-4-6-13(8)11(14)9-7-10(9)12(15)16/h8-10H,2-7H2,1H3,(H,15,16)/t8?,9-,10+/m1/s1. The molecular formula is C12H19NO3. The highest BCUT2D eigenvalue weighted by atomic mass is 16.4. The molecule has 16 heavy (non-hydrogen) atoms. The van der Waals surface area contributed by atoms with Crippen LogP contribution in [0.15, 0.2) is 0 Å². The lowest BCUT2D eigenvalue weighted by Gasteiger charge is -2.35. The molecule has 0 aromatic rings. The van der Waals surface area contributed by atoms with E-state index in [1.54, 1.807) is 0 Å². The summed E-state index contributed by atoms with van der Waals surface area (Å²) < 4.78 is 0. The number of aliphatic carboxylic acids is 1. The molecule has 4 heteroatoms. The van der Waals surface area contributed by atoms with Gasteiger partial charge in [-0.2, -0.15) is 0 Å². The molecular weight excluding hydrogens is 206 g/mol. The maximum atomic E-state index is 12.1. The lowest BCUT2D eigenvalue weighted by molar-refractivity contribution is -0.143. The predicted octanol–water partition coefficient (Wildman–Crippen LogP) is 1.50. The van der Waals surface area contributed by atoms with E-state index in [-0.39, 0.29) is 11.8 Å². The number of carbonyl (C=O) groups is 2. The number of likely N-dealkylation sites (tertiary alicyclic amines) is 1. The van der Waals surface area contributed by atoms with Crippen LogP contribution in [-0.2, 0) is 9.59 Å². The fourth-order valence-electron chi connectivity index (χ4n) is 2.67. The molecule has 2 fully saturated rings. The summed E-state index contributed by atoms with van der Waals surface area (Å²) in [5.41, 5.74) is 0. The van der Waals surface area contributed by atoms with E-state index < -0.39 is 11.9 Å². The maximum absolute atomic E-state index is 12.1. The number of hydrogen-bond acceptors (Lipinski definition) is 2. The van der Waals surface area contributed by atoms with Crippen LogP contribution in [0.5, 0.6) is 0 Å². The number of carboxylic acid groups (broad SMARTS) is 1. The lowest BCUT2D eigenvalue weighted by Crippen LogP contribution is -2.44. The Bertz CT molecular complexity index is 303. The Labute approximate surface area is 95.6 Å². The first-order valence-electron chi connectivity index (χ1n) is 6.18. The Hall–Kier alpha value is -1.06. The van der Waals surface area contributed by atoms with Gasteiger partial charge in [-0.25, -0.2) is 0 Å². The van der Waals surface area contributed by atoms with Gasteiger partial charge in [0.25, 0.3) is 0 Å². The predicted molar refractivity (Wildman–Crippen MR) is 58.9 cm³/mol. The molecule has 90 valence electrons. The maximum Gasteiger partial charge on any atom is 0.307 e. The van der Waals surface area contributed by atoms with Gasteiger partial charge in [-0.15, -0.1) is 0 Å². The highest BCUT2D eigenvalue weighted by Crippen LogP contribution is 2.41. The smallest absolute Gasteiger partial charge is 0.307 e. The summed E-state index contributed by atoms with van der Waals surface area (Å²) in [6.45, 7) is 2.91. The average molecular weight is 225 g/mol. The fourth-order valence-corrected chi connectivity index (χ4v) is 2.67. The topological polar surface area (TPSA) is 57.6 Å². The van der Waals surface area contributed by atoms with Gasteiger partial charge in [0.05, 0.1) is 11.8 Å². The molecule has 1 N–H and O–H groups in total. The van der Waals surface area contributed by atoms with E-state index in [2.05, 4.69) is 6.92 Å². The SMILES string of the molecule is CCC1CCCCN1C(=O)[C@@H]1C[C@@H]1C(=O)O. The molecule has 0 aromatic carbocycles. The number of carboxylic acids is 1. The van der Waals surface area contributed by atoms with Gasteiger partial charge in [-0.05, 0) is 32.1 Å². The van der Waals surface area contributed by atoms with E-state index in [9.17, 15) is 9.59 Å². The third-order valence-corrected chi connectivity index (χ3v) is 3.81. The quantitative estimate of drug-likeness (QED) is 0.791. The second-order valence-electron chi connectivity index (χ2n) is 4.88. The normalized spacial score (nSPS) is 33.6. The second kappa shape index (κ2) is 4.44. The van der Waals surface area contributed by atoms with Crippen LogP contribution in [-0.4, -0.2) is 34.5 Å². The van der Waals surface area contributed by atoms with E-state index in [4.69, 9.17) is 5.11 Å². The van der Waals surface area contributed by atoms with Crippen molar-refractivity contribution in [1.29, 1.82) is 0 Å². The molecule has 0 aromatic heterocycles. The number of rotatable bonds is 3. The van der Waals surface area contributed by atoms with Crippen molar-refractivity contribution in [2.45, 2.75) is 45.1 Å². The lowest BCUT2D eigenvalue weighted by atomic mass is 9.99. The molecule has 1 aliphatic heterocycles. The van der Waals surface area contributed by atoms with Crippen LogP contribution in [0, 0.1) is 11.8 Å². The van der Waals surface area contributed by atoms with Gasteiger partial charge in [0.2, 0.25) is 5.91 Å². The largest absolute Gasteiger partial charge is 0.481 e. The van der Waals surface area contributed by atoms with E-state index >= 15 is 0 Å². The molecule has 1 unspecified atom stereocenters. The Morgan fingerprint density at radius 1 is 1.31 bits per heavy atom. The van der Waals surface area contributed by atoms with Crippen molar-refractivity contribution in [1.82, 2.24) is 4.90 Å². The zero-order chi connectivity index (χ0) is 11.7. The zero-order valence-corrected chi connectivity index (χ0v) is 9.69. The van der Waals surface area contributed by atoms with E-state index in [1.165, 1.54) is 6.42 Å². The van der Waals surface area contributed by atoms with Crippen molar-refractivity contribution in [3.63, 3.8) is 0 Å². The number of piperidine rings is 1. The Morgan fingerprint density at radius 2 is 2.06 bits per heavy atom. The summed E-state index contributed by atoms with van der Waals surface area (Å²) in [5.74, 6) is -1.38. The summed E-state index contributed by atoms with van der Waals surface area (Å²) in [7, 11) is 0. The van der Waals surface area contributed by atoms with Crippen LogP contribution >= 0.6 is 0 Å². The van der Waals surface area contributed by atoms with Gasteiger partial charge in [-0.3, -0.25) is 9.59 Å². The second-order valence-corrected chi connectivity index (χ2v) is 4.88. The Morgan fingerprint density at radius 3 is 2.62 bits per heavy atom. The third-order valence-electron chi connectivity index (χ3n) is 3.81. The molecule has 1 saturated heterocycles. The highest BCUT2D eigenvalue weighted by Gasteiger charge is 2.50. The third kappa shape index (κ3) is 2.06. The Kier molecular flexibility index (Phi) is 3.17. The van der Waals surface area contributed by atoms with Gasteiger partial charge in [-0.1, -0.05) is 6.92 Å². The first-order chi connectivity index (χ1) is 7.65. The van der Waals surface area contributed by atoms with E-state index in [0.717, 1.165) is 25.8 Å². The molecule has 0 spiro atoms. The van der Waals surface area contributed by atoms with Gasteiger partial charge in [0, 0.05) is 12.6 Å². The number of carbonyl (C=O) groups excluding carboxylic acids is 1. The van der Waals surface area contributed by atoms with Crippen LogP contribution in [0.2, 0.25) is 0 Å². The minimum absolute atomic E-state index is 0.0824. The fraction of sp³-hybridized carbons (Fsp3) is 0.833. The minimum Gasteiger partial charge on any atom is -0.481 e. The van der Waals surface area contributed by atoms with Gasteiger partial charge < -0.3 is 10.0 Å². The molecule has 1 amide bonds. The van der Waals surface area contributed by atoms with Crippen molar-refractivity contribution in [2.75, 3.05) is 6.54 Å². The van der Waals surface area contributed by atoms with Gasteiger partial charge in [0.1, 0.15) is 0 Å². The molecule has 3 atom stereocenters. The zero-order valence-electron chi connectivity index (χ0n) is 9.69. The van der Waals surface area contributed by atoms with Crippen LogP contribution in [0.25, 0.3) is 0 Å². The molecule has 0 bridgehead atoms. The first-order valence-corrected chi connectivity index (χ1v) is 6.18. The summed E-state index contributed by atoms with van der Waals surface area (Å²) >= 11 is 0. The summed E-state index contributed by atoms with van der Waals surface area (Å²) in [6.07, 6.45) is 4.85. The number of hydrogen-bond donors (Lipinski definition) is 1. The molecule has 2 rings (SSSR count).